The van der Waals surface area contributed by atoms with E-state index in [1.165, 1.54) is 11.1 Å². The second kappa shape index (κ2) is 8.18. The van der Waals surface area contributed by atoms with Crippen molar-refractivity contribution in [2.45, 2.75) is 87.9 Å². The second-order valence-electron chi connectivity index (χ2n) is 10.4. The maximum absolute atomic E-state index is 11.3. The number of aliphatic hydroxyl groups is 4. The number of phenols is 1. The molecule has 0 spiro atoms. The average molecular weight is 464 g/mol. The summed E-state index contributed by atoms with van der Waals surface area (Å²) in [6, 6.07) is 5.56. The predicted octanol–water partition coefficient (Wildman–Crippen LogP) is -0.838. The molecule has 182 valence electrons. The molecule has 3 fully saturated rings. The van der Waals surface area contributed by atoms with Gasteiger partial charge in [-0.1, -0.05) is 13.0 Å². The number of hydrogen-bond donors (Lipinski definition) is 5. The topological polar surface area (TPSA) is 160 Å². The molecule has 1 aromatic rings. The summed E-state index contributed by atoms with van der Waals surface area (Å²) < 4.78 is 11.1. The first-order chi connectivity index (χ1) is 15.6. The van der Waals surface area contributed by atoms with Gasteiger partial charge in [-0.3, -0.25) is 0 Å². The molecular formula is C24H31O9-. The number of carboxylic acid groups (broad SMARTS) is 1. The fourth-order valence-electron chi connectivity index (χ4n) is 6.99. The molecule has 0 aromatic heterocycles. The molecule has 5 N–H and O–H groups in total. The number of fused-ring (bicyclic) bond motifs is 5. The van der Waals surface area contributed by atoms with Gasteiger partial charge in [-0.05, 0) is 78.5 Å². The summed E-state index contributed by atoms with van der Waals surface area (Å²) in [6.45, 7) is 2.05. The van der Waals surface area contributed by atoms with Crippen molar-refractivity contribution >= 4 is 5.97 Å². The average Bonchev–Trinajstić information content (AvgIpc) is 3.03. The van der Waals surface area contributed by atoms with Gasteiger partial charge in [0.1, 0.15) is 30.2 Å². The Kier molecular flexibility index (Phi) is 5.70. The first-order valence-electron chi connectivity index (χ1n) is 11.7. The minimum atomic E-state index is -1.85. The molecule has 1 saturated heterocycles. The van der Waals surface area contributed by atoms with E-state index in [1.54, 1.807) is 6.07 Å². The molecule has 0 unspecified atom stereocenters. The van der Waals surface area contributed by atoms with Crippen molar-refractivity contribution in [1.29, 1.82) is 0 Å². The number of aliphatic carboxylic acids is 1. The lowest BCUT2D eigenvalue weighted by molar-refractivity contribution is -0.354. The van der Waals surface area contributed by atoms with Crippen molar-refractivity contribution in [2.24, 2.45) is 17.3 Å². The Morgan fingerprint density at radius 1 is 1.15 bits per heavy atom. The van der Waals surface area contributed by atoms with Crippen molar-refractivity contribution in [1.82, 2.24) is 0 Å². The van der Waals surface area contributed by atoms with Crippen LogP contribution < -0.4 is 5.11 Å². The second-order valence-corrected chi connectivity index (χ2v) is 10.4. The number of phenolic OH excluding ortho intramolecular Hbond substituents is 1. The minimum Gasteiger partial charge on any atom is -0.547 e. The lowest BCUT2D eigenvalue weighted by Gasteiger charge is -2.49. The molecule has 9 nitrogen and oxygen atoms in total. The molecule has 0 amide bonds. The molecule has 0 radical (unpaired) electrons. The van der Waals surface area contributed by atoms with Crippen molar-refractivity contribution in [3.8, 4) is 5.75 Å². The smallest absolute Gasteiger partial charge is 0.187 e. The molecule has 0 bridgehead atoms. The summed E-state index contributed by atoms with van der Waals surface area (Å²) in [5.41, 5.74) is 2.02. The van der Waals surface area contributed by atoms with Crippen LogP contribution in [-0.2, 0) is 20.7 Å². The number of ether oxygens (including phenoxy) is 2. The maximum atomic E-state index is 11.3. The van der Waals surface area contributed by atoms with Crippen LogP contribution in [0, 0.1) is 17.3 Å². The van der Waals surface area contributed by atoms with E-state index in [2.05, 4.69) is 6.92 Å². The van der Waals surface area contributed by atoms with E-state index in [4.69, 9.17) is 9.47 Å². The Bertz CT molecular complexity index is 921. The summed E-state index contributed by atoms with van der Waals surface area (Å²) in [7, 11) is 0. The first-order valence-corrected chi connectivity index (χ1v) is 11.7. The van der Waals surface area contributed by atoms with Gasteiger partial charge in [-0.15, -0.1) is 0 Å². The van der Waals surface area contributed by atoms with Crippen LogP contribution in [0.5, 0.6) is 5.75 Å². The maximum Gasteiger partial charge on any atom is 0.187 e. The molecule has 5 rings (SSSR count). The highest BCUT2D eigenvalue weighted by molar-refractivity contribution is 5.71. The van der Waals surface area contributed by atoms with Crippen LogP contribution >= 0.6 is 0 Å². The summed E-state index contributed by atoms with van der Waals surface area (Å²) in [5, 5.41) is 62.6. The van der Waals surface area contributed by atoms with Crippen molar-refractivity contribution in [3.63, 3.8) is 0 Å². The van der Waals surface area contributed by atoms with E-state index in [-0.39, 0.29) is 11.7 Å². The normalized spacial score (nSPS) is 46.8. The van der Waals surface area contributed by atoms with Crippen LogP contribution in [0.15, 0.2) is 18.2 Å². The van der Waals surface area contributed by atoms with Crippen molar-refractivity contribution in [2.75, 3.05) is 0 Å². The molecule has 3 aliphatic carbocycles. The Morgan fingerprint density at radius 2 is 1.91 bits per heavy atom. The van der Waals surface area contributed by atoms with Crippen LogP contribution in [0.4, 0.5) is 0 Å². The lowest BCUT2D eigenvalue weighted by atomic mass is 9.55. The third-order valence-electron chi connectivity index (χ3n) is 8.77. The zero-order valence-electron chi connectivity index (χ0n) is 18.4. The molecule has 1 aliphatic heterocycles. The Labute approximate surface area is 191 Å². The van der Waals surface area contributed by atoms with Gasteiger partial charge < -0.3 is 44.9 Å². The molecule has 1 heterocycles. The van der Waals surface area contributed by atoms with E-state index in [1.807, 2.05) is 12.1 Å². The number of carboxylic acids is 1. The Balaban J connectivity index is 1.36. The largest absolute Gasteiger partial charge is 0.547 e. The Hall–Kier alpha value is -1.75. The molecule has 11 atom stereocenters. The minimum absolute atomic E-state index is 0.145. The summed E-state index contributed by atoms with van der Waals surface area (Å²) >= 11 is 0. The quantitative estimate of drug-likeness (QED) is 0.385. The number of aryl methyl sites for hydroxylation is 1. The van der Waals surface area contributed by atoms with E-state index < -0.39 is 54.3 Å². The van der Waals surface area contributed by atoms with Gasteiger partial charge in [0, 0.05) is 0 Å². The van der Waals surface area contributed by atoms with Gasteiger partial charge in [0.25, 0.3) is 0 Å². The van der Waals surface area contributed by atoms with Gasteiger partial charge in [0.2, 0.25) is 0 Å². The third-order valence-corrected chi connectivity index (χ3v) is 8.77. The third kappa shape index (κ3) is 3.57. The van der Waals surface area contributed by atoms with Gasteiger partial charge in [-0.2, -0.15) is 0 Å². The SMILES string of the molecule is C[C@]12CC[C@@H]3c4ccc(O)cc4CC[C@H]3[C@@H]1C[C@@H](O[C@@H]1O[C@H](C(=O)[O-])[C@@H](O)[C@H](O)[C@H]1O)[C@H]2O. The molecule has 4 aliphatic rings. The lowest BCUT2D eigenvalue weighted by Crippen LogP contribution is -2.63. The van der Waals surface area contributed by atoms with E-state index in [0.29, 0.717) is 18.3 Å². The number of aromatic hydroxyl groups is 1. The molecule has 33 heavy (non-hydrogen) atoms. The zero-order chi connectivity index (χ0) is 23.7. The standard InChI is InChI=1S/C24H32O9/c1-24-7-6-13-12-5-3-11(25)8-10(12)2-4-14(13)15(24)9-16(21(24)29)32-23-19(28)17(26)18(27)20(33-23)22(30)31/h3,5,8,13-21,23,25-29H,2,4,6-7,9H2,1H3,(H,30,31)/p-1/t13-,14-,15+,16-,17+,18+,19-,20+,21-,23-,24+/m1/s1. The number of benzene rings is 1. The highest BCUT2D eigenvalue weighted by Gasteiger charge is 2.59. The highest BCUT2D eigenvalue weighted by atomic mass is 16.7. The Morgan fingerprint density at radius 3 is 2.64 bits per heavy atom. The van der Waals surface area contributed by atoms with E-state index >= 15 is 0 Å². The van der Waals surface area contributed by atoms with Gasteiger partial charge >= 0.3 is 0 Å². The fraction of sp³-hybridized carbons (Fsp3) is 0.708. The monoisotopic (exact) mass is 463 g/mol. The van der Waals surface area contributed by atoms with E-state index in [9.17, 15) is 35.4 Å². The molecule has 9 heteroatoms. The van der Waals surface area contributed by atoms with Gasteiger partial charge in [0.05, 0.1) is 18.2 Å². The van der Waals surface area contributed by atoms with Crippen LogP contribution in [0.2, 0.25) is 0 Å². The molecule has 1 aromatic carbocycles. The summed E-state index contributed by atoms with van der Waals surface area (Å²) in [5.74, 6) is -0.652. The van der Waals surface area contributed by atoms with Crippen LogP contribution in [-0.4, -0.2) is 74.4 Å². The number of carbonyl (C=O) groups excluding carboxylic acids is 1. The zero-order valence-corrected chi connectivity index (χ0v) is 18.4. The first kappa shape index (κ1) is 23.0. The van der Waals surface area contributed by atoms with Crippen LogP contribution in [0.1, 0.15) is 49.7 Å². The predicted molar refractivity (Wildman–Crippen MR) is 111 cm³/mol. The van der Waals surface area contributed by atoms with Crippen molar-refractivity contribution < 1.29 is 44.9 Å². The summed E-state index contributed by atoms with van der Waals surface area (Å²) in [6.07, 6.45) is -6.26. The molecular weight excluding hydrogens is 432 g/mol. The fourth-order valence-corrected chi connectivity index (χ4v) is 6.99. The number of rotatable bonds is 3. The highest BCUT2D eigenvalue weighted by Crippen LogP contribution is 2.61. The van der Waals surface area contributed by atoms with E-state index in [0.717, 1.165) is 25.7 Å². The van der Waals surface area contributed by atoms with Crippen LogP contribution in [0.25, 0.3) is 0 Å². The molecule has 2 saturated carbocycles. The number of hydrogen-bond acceptors (Lipinski definition) is 9. The van der Waals surface area contributed by atoms with Crippen LogP contribution in [0.3, 0.4) is 0 Å². The number of carbonyl (C=O) groups is 1. The van der Waals surface area contributed by atoms with Gasteiger partial charge in [-0.25, -0.2) is 0 Å². The van der Waals surface area contributed by atoms with Gasteiger partial charge in [0.15, 0.2) is 6.29 Å². The summed E-state index contributed by atoms with van der Waals surface area (Å²) in [4.78, 5) is 11.3. The number of aliphatic hydroxyl groups excluding tert-OH is 4. The van der Waals surface area contributed by atoms with Crippen molar-refractivity contribution in [3.05, 3.63) is 29.3 Å².